The van der Waals surface area contributed by atoms with Gasteiger partial charge in [0.2, 0.25) is 0 Å². The van der Waals surface area contributed by atoms with Gasteiger partial charge in [0.15, 0.2) is 9.84 Å². The van der Waals surface area contributed by atoms with Crippen LogP contribution in [0.2, 0.25) is 0 Å². The number of thiazole rings is 1. The zero-order chi connectivity index (χ0) is 12.6. The molecule has 0 unspecified atom stereocenters. The van der Waals surface area contributed by atoms with E-state index in [1.165, 1.54) is 11.3 Å². The molecule has 1 aromatic heterocycles. The van der Waals surface area contributed by atoms with Crippen LogP contribution in [0.3, 0.4) is 0 Å². The minimum absolute atomic E-state index is 0.0361. The Morgan fingerprint density at radius 1 is 1.53 bits per heavy atom. The Bertz CT molecular complexity index is 510. The van der Waals surface area contributed by atoms with Crippen molar-refractivity contribution in [3.8, 4) is 0 Å². The van der Waals surface area contributed by atoms with Crippen molar-refractivity contribution >= 4 is 27.1 Å². The molecule has 2 rings (SSSR count). The lowest BCUT2D eigenvalue weighted by Crippen LogP contribution is -2.54. The van der Waals surface area contributed by atoms with Crippen LogP contribution in [0.15, 0.2) is 10.9 Å². The summed E-state index contributed by atoms with van der Waals surface area (Å²) in [5.74, 6) is -0.144. The van der Waals surface area contributed by atoms with Gasteiger partial charge < -0.3 is 4.90 Å². The molecule has 1 aromatic rings. The lowest BCUT2D eigenvalue weighted by molar-refractivity contribution is 0.0688. The molecular weight excluding hydrogens is 260 g/mol. The average Bonchev–Trinajstić information content (AvgIpc) is 2.79. The van der Waals surface area contributed by atoms with Crippen LogP contribution in [-0.4, -0.2) is 47.8 Å². The fourth-order valence-electron chi connectivity index (χ4n) is 1.92. The second-order valence-corrected chi connectivity index (χ2v) is 7.38. The fraction of sp³-hybridized carbons (Fsp3) is 0.600. The molecule has 2 heterocycles. The van der Waals surface area contributed by atoms with Crippen LogP contribution in [-0.2, 0) is 9.84 Å². The lowest BCUT2D eigenvalue weighted by Gasteiger charge is -2.37. The molecule has 5 nitrogen and oxygen atoms in total. The number of amides is 1. The first-order valence-corrected chi connectivity index (χ1v) is 8.00. The highest BCUT2D eigenvalue weighted by molar-refractivity contribution is 7.92. The summed E-state index contributed by atoms with van der Waals surface area (Å²) in [6.45, 7) is 3.68. The predicted molar refractivity (Wildman–Crippen MR) is 65.9 cm³/mol. The van der Waals surface area contributed by atoms with E-state index >= 15 is 0 Å². The Morgan fingerprint density at radius 3 is 2.82 bits per heavy atom. The van der Waals surface area contributed by atoms with E-state index in [0.717, 1.165) is 0 Å². The van der Waals surface area contributed by atoms with Crippen molar-refractivity contribution in [2.24, 2.45) is 0 Å². The van der Waals surface area contributed by atoms with Crippen molar-refractivity contribution in [3.05, 3.63) is 16.6 Å². The SMILES string of the molecule is C[C@H]1[C@H](C)S(=O)(=O)CCN1C(=O)c1cscn1. The quantitative estimate of drug-likeness (QED) is 0.759. The van der Waals surface area contributed by atoms with Gasteiger partial charge in [-0.3, -0.25) is 4.79 Å². The topological polar surface area (TPSA) is 67.3 Å². The maximum atomic E-state index is 12.1. The van der Waals surface area contributed by atoms with Crippen molar-refractivity contribution in [3.63, 3.8) is 0 Å². The molecule has 0 aromatic carbocycles. The fourth-order valence-corrected chi connectivity index (χ4v) is 4.02. The maximum Gasteiger partial charge on any atom is 0.273 e. The zero-order valence-electron chi connectivity index (χ0n) is 9.66. The molecule has 1 saturated heterocycles. The summed E-state index contributed by atoms with van der Waals surface area (Å²) in [6, 6.07) is -0.303. The summed E-state index contributed by atoms with van der Waals surface area (Å²) >= 11 is 1.36. The first kappa shape index (κ1) is 12.5. The van der Waals surface area contributed by atoms with Crippen molar-refractivity contribution in [2.45, 2.75) is 25.1 Å². The van der Waals surface area contributed by atoms with Gasteiger partial charge in [0.05, 0.1) is 16.5 Å². The highest BCUT2D eigenvalue weighted by Gasteiger charge is 2.38. The molecule has 7 heteroatoms. The van der Waals surface area contributed by atoms with Gasteiger partial charge in [-0.15, -0.1) is 11.3 Å². The van der Waals surface area contributed by atoms with Gasteiger partial charge in [-0.05, 0) is 13.8 Å². The summed E-state index contributed by atoms with van der Waals surface area (Å²) < 4.78 is 23.4. The first-order valence-electron chi connectivity index (χ1n) is 5.34. The molecule has 1 aliphatic heterocycles. The molecular formula is C10H14N2O3S2. The van der Waals surface area contributed by atoms with E-state index in [0.29, 0.717) is 5.69 Å². The van der Waals surface area contributed by atoms with Crippen LogP contribution < -0.4 is 0 Å². The summed E-state index contributed by atoms with van der Waals surface area (Å²) in [7, 11) is -3.06. The van der Waals surface area contributed by atoms with Gasteiger partial charge in [0, 0.05) is 18.0 Å². The van der Waals surface area contributed by atoms with E-state index in [2.05, 4.69) is 4.98 Å². The van der Waals surface area contributed by atoms with Crippen molar-refractivity contribution < 1.29 is 13.2 Å². The van der Waals surface area contributed by atoms with Crippen LogP contribution >= 0.6 is 11.3 Å². The Hall–Kier alpha value is -0.950. The monoisotopic (exact) mass is 274 g/mol. The van der Waals surface area contributed by atoms with Gasteiger partial charge in [-0.1, -0.05) is 0 Å². The molecule has 1 amide bonds. The molecule has 1 aliphatic rings. The molecule has 2 atom stereocenters. The average molecular weight is 274 g/mol. The van der Waals surface area contributed by atoms with Gasteiger partial charge in [-0.2, -0.15) is 0 Å². The van der Waals surface area contributed by atoms with Crippen molar-refractivity contribution in [1.82, 2.24) is 9.88 Å². The number of aromatic nitrogens is 1. The highest BCUT2D eigenvalue weighted by atomic mass is 32.2. The number of hydrogen-bond acceptors (Lipinski definition) is 5. The Labute approximate surface area is 104 Å². The molecule has 0 N–H and O–H groups in total. The molecule has 0 spiro atoms. The van der Waals surface area contributed by atoms with Gasteiger partial charge in [-0.25, -0.2) is 13.4 Å². The van der Waals surface area contributed by atoms with Gasteiger partial charge in [0.25, 0.3) is 5.91 Å². The van der Waals surface area contributed by atoms with E-state index in [4.69, 9.17) is 0 Å². The van der Waals surface area contributed by atoms with Crippen LogP contribution in [0.4, 0.5) is 0 Å². The van der Waals surface area contributed by atoms with Crippen molar-refractivity contribution in [2.75, 3.05) is 12.3 Å². The number of carbonyl (C=O) groups excluding carboxylic acids is 1. The minimum Gasteiger partial charge on any atom is -0.332 e. The zero-order valence-corrected chi connectivity index (χ0v) is 11.3. The standard InChI is InChI=1S/C10H14N2O3S2/c1-7-8(2)17(14,15)4-3-12(7)10(13)9-5-16-6-11-9/h5-8H,3-4H2,1-2H3/t7-,8-/m0/s1. The third-order valence-electron chi connectivity index (χ3n) is 3.27. The predicted octanol–water partition coefficient (Wildman–Crippen LogP) is 0.791. The van der Waals surface area contributed by atoms with E-state index in [9.17, 15) is 13.2 Å². The molecule has 0 saturated carbocycles. The molecule has 0 bridgehead atoms. The van der Waals surface area contributed by atoms with E-state index in [1.807, 2.05) is 0 Å². The number of sulfone groups is 1. The van der Waals surface area contributed by atoms with Gasteiger partial charge in [0.1, 0.15) is 5.69 Å². The summed E-state index contributed by atoms with van der Waals surface area (Å²) in [4.78, 5) is 17.7. The molecule has 17 heavy (non-hydrogen) atoms. The Kier molecular flexibility index (Phi) is 3.22. The van der Waals surface area contributed by atoms with Crippen LogP contribution in [0.5, 0.6) is 0 Å². The Morgan fingerprint density at radius 2 is 2.24 bits per heavy atom. The number of hydrogen-bond donors (Lipinski definition) is 0. The summed E-state index contributed by atoms with van der Waals surface area (Å²) in [5.41, 5.74) is 2.00. The molecule has 1 fully saturated rings. The second kappa shape index (κ2) is 4.38. The van der Waals surface area contributed by atoms with E-state index in [-0.39, 0.29) is 24.2 Å². The number of carbonyl (C=O) groups is 1. The third-order valence-corrected chi connectivity index (χ3v) is 6.13. The second-order valence-electron chi connectivity index (χ2n) is 4.18. The van der Waals surface area contributed by atoms with Crippen LogP contribution in [0, 0.1) is 0 Å². The van der Waals surface area contributed by atoms with Crippen LogP contribution in [0.25, 0.3) is 0 Å². The largest absolute Gasteiger partial charge is 0.332 e. The van der Waals surface area contributed by atoms with E-state index in [1.54, 1.807) is 29.6 Å². The van der Waals surface area contributed by atoms with Crippen LogP contribution in [0.1, 0.15) is 24.3 Å². The normalized spacial score (nSPS) is 28.0. The molecule has 0 radical (unpaired) electrons. The summed E-state index contributed by atoms with van der Waals surface area (Å²) in [6.07, 6.45) is 0. The third kappa shape index (κ3) is 2.21. The van der Waals surface area contributed by atoms with Crippen molar-refractivity contribution in [1.29, 1.82) is 0 Å². The maximum absolute atomic E-state index is 12.1. The van der Waals surface area contributed by atoms with E-state index < -0.39 is 15.1 Å². The first-order chi connectivity index (χ1) is 7.93. The van der Waals surface area contributed by atoms with Gasteiger partial charge >= 0.3 is 0 Å². The number of rotatable bonds is 1. The lowest BCUT2D eigenvalue weighted by atomic mass is 10.2. The number of nitrogens with zero attached hydrogens (tertiary/aromatic N) is 2. The highest BCUT2D eigenvalue weighted by Crippen LogP contribution is 2.21. The molecule has 0 aliphatic carbocycles. The molecule has 94 valence electrons. The summed E-state index contributed by atoms with van der Waals surface area (Å²) in [5, 5.41) is 1.17. The smallest absolute Gasteiger partial charge is 0.273 e. The minimum atomic E-state index is -3.06. The Balaban J connectivity index is 2.22.